The Bertz CT molecular complexity index is 1480. The highest BCUT2D eigenvalue weighted by Crippen LogP contribution is 2.22. The summed E-state index contributed by atoms with van der Waals surface area (Å²) in [6, 6.07) is 14.4. The summed E-state index contributed by atoms with van der Waals surface area (Å²) in [4.78, 5) is 48.7. The van der Waals surface area contributed by atoms with Crippen LogP contribution < -0.4 is 27.2 Å². The first kappa shape index (κ1) is 23.4. The van der Waals surface area contributed by atoms with Crippen LogP contribution in [0.4, 0.5) is 11.6 Å². The van der Waals surface area contributed by atoms with Crippen LogP contribution in [0.15, 0.2) is 70.5 Å². The molecule has 3 N–H and O–H groups in total. The number of nitrogens with two attached hydrogens (primary N) is 1. The van der Waals surface area contributed by atoms with Crippen LogP contribution in [-0.2, 0) is 13.1 Å². The molecule has 0 aliphatic heterocycles. The quantitative estimate of drug-likeness (QED) is 0.396. The summed E-state index contributed by atoms with van der Waals surface area (Å²) in [5.74, 6) is -0.0488. The van der Waals surface area contributed by atoms with Gasteiger partial charge in [-0.1, -0.05) is 29.8 Å². The highest BCUT2D eigenvalue weighted by atomic mass is 16.5. The Hall–Kier alpha value is -4.80. The van der Waals surface area contributed by atoms with E-state index in [9.17, 15) is 14.4 Å². The number of carbonyl (C=O) groups excluding carboxylic acids is 1. The number of rotatable bonds is 8. The van der Waals surface area contributed by atoms with Crippen LogP contribution in [0.5, 0.6) is 11.6 Å². The lowest BCUT2D eigenvalue weighted by atomic mass is 10.1. The molecule has 11 heteroatoms. The first-order chi connectivity index (χ1) is 16.8. The highest BCUT2D eigenvalue weighted by Gasteiger charge is 2.13. The minimum Gasteiger partial charge on any atom is -0.437 e. The Labute approximate surface area is 199 Å². The topological polar surface area (TPSA) is 147 Å². The van der Waals surface area contributed by atoms with E-state index in [4.69, 9.17) is 10.5 Å². The lowest BCUT2D eigenvalue weighted by molar-refractivity contribution is 0.0994. The van der Waals surface area contributed by atoms with Gasteiger partial charge in [0.25, 0.3) is 5.91 Å². The second-order valence-corrected chi connectivity index (χ2v) is 7.67. The molecule has 1 amide bonds. The first-order valence-electron chi connectivity index (χ1n) is 10.8. The Balaban J connectivity index is 1.60. The molecule has 0 fully saturated rings. The zero-order chi connectivity index (χ0) is 24.9. The third kappa shape index (κ3) is 5.41. The van der Waals surface area contributed by atoms with Gasteiger partial charge in [0, 0.05) is 12.2 Å². The van der Waals surface area contributed by atoms with Gasteiger partial charge in [-0.15, -0.1) is 0 Å². The summed E-state index contributed by atoms with van der Waals surface area (Å²) in [6.07, 6.45) is 2.60. The van der Waals surface area contributed by atoms with Crippen molar-refractivity contribution in [3.05, 3.63) is 98.7 Å². The maximum absolute atomic E-state index is 13.0. The average Bonchev–Trinajstić information content (AvgIpc) is 2.84. The lowest BCUT2D eigenvalue weighted by Gasteiger charge is -2.15. The highest BCUT2D eigenvalue weighted by molar-refractivity contribution is 5.90. The van der Waals surface area contributed by atoms with Gasteiger partial charge in [0.1, 0.15) is 11.4 Å². The Kier molecular flexibility index (Phi) is 6.67. The summed E-state index contributed by atoms with van der Waals surface area (Å²) in [6.45, 7) is 4.15. The van der Waals surface area contributed by atoms with Gasteiger partial charge in [0.2, 0.25) is 11.8 Å². The molecule has 0 saturated carbocycles. The number of nitrogens with one attached hydrogen (secondary N) is 1. The molecule has 178 valence electrons. The molecule has 2 aromatic carbocycles. The van der Waals surface area contributed by atoms with E-state index in [1.807, 2.05) is 31.2 Å². The predicted octanol–water partition coefficient (Wildman–Crippen LogP) is 2.21. The Morgan fingerprint density at radius 3 is 2.37 bits per heavy atom. The smallest absolute Gasteiger partial charge is 0.354 e. The number of hydrogen-bond donors (Lipinski definition) is 2. The minimum atomic E-state index is -0.711. The molecule has 0 atom stereocenters. The van der Waals surface area contributed by atoms with Crippen molar-refractivity contribution in [2.75, 3.05) is 5.32 Å². The van der Waals surface area contributed by atoms with E-state index in [-0.39, 0.29) is 30.6 Å². The van der Waals surface area contributed by atoms with E-state index in [0.717, 1.165) is 15.7 Å². The fraction of sp³-hybridized carbons (Fsp3) is 0.167. The van der Waals surface area contributed by atoms with Crippen LogP contribution in [0.3, 0.4) is 0 Å². The number of anilines is 2. The van der Waals surface area contributed by atoms with Crippen molar-refractivity contribution in [1.29, 1.82) is 0 Å². The van der Waals surface area contributed by atoms with E-state index in [1.54, 1.807) is 31.2 Å². The fourth-order valence-electron chi connectivity index (χ4n) is 3.29. The van der Waals surface area contributed by atoms with E-state index in [2.05, 4.69) is 20.3 Å². The number of aromatic nitrogens is 5. The molecule has 2 heterocycles. The number of amides is 1. The van der Waals surface area contributed by atoms with Gasteiger partial charge in [-0.05, 0) is 43.7 Å². The maximum Gasteiger partial charge on any atom is 0.354 e. The van der Waals surface area contributed by atoms with E-state index in [1.165, 1.54) is 17.0 Å². The van der Waals surface area contributed by atoms with Crippen molar-refractivity contribution >= 4 is 17.5 Å². The van der Waals surface area contributed by atoms with Crippen molar-refractivity contribution in [1.82, 2.24) is 24.1 Å². The van der Waals surface area contributed by atoms with Gasteiger partial charge in [-0.25, -0.2) is 19.1 Å². The third-order valence-electron chi connectivity index (χ3n) is 5.13. The van der Waals surface area contributed by atoms with Crippen molar-refractivity contribution < 1.29 is 9.53 Å². The van der Waals surface area contributed by atoms with Gasteiger partial charge in [-0.2, -0.15) is 4.98 Å². The molecule has 0 radical (unpaired) electrons. The van der Waals surface area contributed by atoms with Gasteiger partial charge in [0.15, 0.2) is 0 Å². The second-order valence-electron chi connectivity index (χ2n) is 7.67. The second kappa shape index (κ2) is 10.00. The molecule has 0 spiro atoms. The van der Waals surface area contributed by atoms with Gasteiger partial charge in [0.05, 0.1) is 18.9 Å². The molecule has 2 aromatic heterocycles. The molecule has 0 bridgehead atoms. The van der Waals surface area contributed by atoms with Crippen LogP contribution in [0.25, 0.3) is 0 Å². The fourth-order valence-corrected chi connectivity index (χ4v) is 3.29. The van der Waals surface area contributed by atoms with Crippen molar-refractivity contribution in [3.8, 4) is 11.6 Å². The molecule has 4 aromatic rings. The number of benzene rings is 2. The average molecular weight is 473 g/mol. The number of hydrogen-bond acceptors (Lipinski definition) is 8. The normalized spacial score (nSPS) is 10.7. The summed E-state index contributed by atoms with van der Waals surface area (Å²) >= 11 is 0. The van der Waals surface area contributed by atoms with Crippen LogP contribution in [0.1, 0.15) is 28.5 Å². The zero-order valence-electron chi connectivity index (χ0n) is 19.1. The van der Waals surface area contributed by atoms with Crippen molar-refractivity contribution in [2.24, 2.45) is 5.73 Å². The standard InChI is InChI=1S/C24H23N7O4/c1-3-30-23(33)29-22(31(24(30)34)14-16-6-4-15(2)5-7-16)27-17-8-10-18(11-9-17)35-20-13-26-12-19(28-20)21(25)32/h4-13H,3,14H2,1-2H3,(H2,25,32)(H,27,29,33). The first-order valence-corrected chi connectivity index (χ1v) is 10.8. The minimum absolute atomic E-state index is 0.0137. The number of nitrogens with zero attached hydrogens (tertiary/aromatic N) is 5. The van der Waals surface area contributed by atoms with Crippen LogP contribution in [-0.4, -0.2) is 30.0 Å². The van der Waals surface area contributed by atoms with E-state index < -0.39 is 17.3 Å². The molecule has 4 rings (SSSR count). The van der Waals surface area contributed by atoms with Gasteiger partial charge < -0.3 is 15.8 Å². The number of aryl methyl sites for hydroxylation is 1. The van der Waals surface area contributed by atoms with Crippen molar-refractivity contribution in [2.45, 2.75) is 26.9 Å². The van der Waals surface area contributed by atoms with Gasteiger partial charge in [-0.3, -0.25) is 14.3 Å². The number of ether oxygens (including phenoxy) is 1. The molecule has 0 aliphatic carbocycles. The van der Waals surface area contributed by atoms with Gasteiger partial charge >= 0.3 is 11.4 Å². The summed E-state index contributed by atoms with van der Waals surface area (Å²) in [7, 11) is 0. The molecule has 11 nitrogen and oxygen atoms in total. The van der Waals surface area contributed by atoms with Crippen LogP contribution in [0, 0.1) is 6.92 Å². The summed E-state index contributed by atoms with van der Waals surface area (Å²) in [5.41, 5.74) is 6.69. The molecule has 0 aliphatic rings. The third-order valence-corrected chi connectivity index (χ3v) is 5.13. The zero-order valence-corrected chi connectivity index (χ0v) is 19.1. The SMILES string of the molecule is CCn1c(=O)nc(Nc2ccc(Oc3cncc(C(N)=O)n3)cc2)n(Cc2ccc(C)cc2)c1=O. The lowest BCUT2D eigenvalue weighted by Crippen LogP contribution is -2.42. The molecule has 0 unspecified atom stereocenters. The molecular weight excluding hydrogens is 450 g/mol. The largest absolute Gasteiger partial charge is 0.437 e. The molecule has 35 heavy (non-hydrogen) atoms. The van der Waals surface area contributed by atoms with E-state index >= 15 is 0 Å². The molecule has 0 saturated heterocycles. The predicted molar refractivity (Wildman–Crippen MR) is 129 cm³/mol. The number of primary amides is 1. The van der Waals surface area contributed by atoms with Crippen LogP contribution in [0.2, 0.25) is 0 Å². The monoisotopic (exact) mass is 473 g/mol. The van der Waals surface area contributed by atoms with Crippen molar-refractivity contribution in [3.63, 3.8) is 0 Å². The van der Waals surface area contributed by atoms with Crippen LogP contribution >= 0.6 is 0 Å². The molecular formula is C24H23N7O4. The maximum atomic E-state index is 13.0. The summed E-state index contributed by atoms with van der Waals surface area (Å²) in [5, 5.41) is 3.05. The Morgan fingerprint density at radius 2 is 1.71 bits per heavy atom. The Morgan fingerprint density at radius 1 is 1.00 bits per heavy atom. The van der Waals surface area contributed by atoms with E-state index in [0.29, 0.717) is 11.4 Å². The summed E-state index contributed by atoms with van der Waals surface area (Å²) < 4.78 is 8.12. The number of carbonyl (C=O) groups is 1.